The Morgan fingerprint density at radius 3 is 2.32 bits per heavy atom. The number of nitrogen functional groups attached to an aromatic ring is 1. The molecule has 3 N–H and O–H groups in total. The molecule has 0 aliphatic rings. The summed E-state index contributed by atoms with van der Waals surface area (Å²) in [6, 6.07) is 28.5. The fourth-order valence-corrected chi connectivity index (χ4v) is 6.11. The minimum absolute atomic E-state index is 0.0165. The van der Waals surface area contributed by atoms with Crippen LogP contribution in [-0.4, -0.2) is 33.1 Å². The number of nitrogens with two attached hydrogens (primary N) is 1. The summed E-state index contributed by atoms with van der Waals surface area (Å²) >= 11 is 0. The quantitative estimate of drug-likeness (QED) is 0.239. The van der Waals surface area contributed by atoms with Crippen molar-refractivity contribution < 1.29 is 23.1 Å². The van der Waals surface area contributed by atoms with Crippen molar-refractivity contribution in [1.29, 1.82) is 0 Å². The number of hydrogen-bond donors (Lipinski definition) is 2. The number of nitrogens with zero attached hydrogens (tertiary/aromatic N) is 3. The molecule has 0 aliphatic carbocycles. The smallest absolute Gasteiger partial charge is 0.268 e. The second-order valence-corrected chi connectivity index (χ2v) is 11.2. The van der Waals surface area contributed by atoms with E-state index < -0.39 is 15.8 Å². The molecule has 0 spiro atoms. The summed E-state index contributed by atoms with van der Waals surface area (Å²) in [6.45, 7) is 1.86. The van der Waals surface area contributed by atoms with Gasteiger partial charge < -0.3 is 15.6 Å². The number of ether oxygens (including phenoxy) is 1. The van der Waals surface area contributed by atoms with E-state index >= 15 is 0 Å². The molecule has 0 saturated heterocycles. The molecule has 204 valence electrons. The topological polar surface area (TPSA) is 129 Å². The largest absolute Gasteiger partial charge is 0.506 e. The van der Waals surface area contributed by atoms with E-state index in [1.165, 1.54) is 35.1 Å². The van der Waals surface area contributed by atoms with Crippen LogP contribution in [0.15, 0.2) is 114 Å². The lowest BCUT2D eigenvalue weighted by Crippen LogP contribution is -2.19. The number of anilines is 1. The minimum atomic E-state index is -4.14. The van der Waals surface area contributed by atoms with Gasteiger partial charge in [-0.3, -0.25) is 4.79 Å². The first kappa shape index (κ1) is 25.9. The molecule has 0 radical (unpaired) electrons. The molecule has 0 atom stereocenters. The molecule has 2 heterocycles. The van der Waals surface area contributed by atoms with Crippen LogP contribution >= 0.6 is 0 Å². The van der Waals surface area contributed by atoms with E-state index in [0.717, 1.165) is 9.54 Å². The highest BCUT2D eigenvalue weighted by Gasteiger charge is 2.29. The van der Waals surface area contributed by atoms with Crippen LogP contribution in [0.1, 0.15) is 21.6 Å². The van der Waals surface area contributed by atoms with Gasteiger partial charge in [-0.15, -0.1) is 0 Å². The molecule has 10 heteroatoms. The Kier molecular flexibility index (Phi) is 6.32. The van der Waals surface area contributed by atoms with E-state index in [2.05, 4.69) is 5.10 Å². The number of rotatable bonds is 7. The standard InChI is InChI=1S/C31H24N4O5S/c1-20-11-14-24(15-12-20)41(38,39)35-26-10-6-5-7-21(26)17-28(35)30(37)25-19-33-34(31(25)32)27-16-13-23(18-29(27)36)40-22-8-3-2-4-9-22/h2-19,36H,32H2,1H3. The van der Waals surface area contributed by atoms with Gasteiger partial charge in [0.1, 0.15) is 34.4 Å². The Balaban J connectivity index is 1.40. The van der Waals surface area contributed by atoms with Crippen molar-refractivity contribution in [2.75, 3.05) is 5.73 Å². The fourth-order valence-electron chi connectivity index (χ4n) is 4.60. The van der Waals surface area contributed by atoms with E-state index in [4.69, 9.17) is 10.5 Å². The summed E-state index contributed by atoms with van der Waals surface area (Å²) in [7, 11) is -4.14. The van der Waals surface area contributed by atoms with Crippen LogP contribution in [0.5, 0.6) is 17.2 Å². The third-order valence-corrected chi connectivity index (χ3v) is 8.41. The summed E-state index contributed by atoms with van der Waals surface area (Å²) < 4.78 is 35.6. The van der Waals surface area contributed by atoms with Crippen molar-refractivity contribution >= 4 is 32.5 Å². The third kappa shape index (κ3) is 4.60. The Bertz CT molecular complexity index is 2030. The van der Waals surface area contributed by atoms with E-state index in [9.17, 15) is 18.3 Å². The molecule has 0 unspecified atom stereocenters. The van der Waals surface area contributed by atoms with Gasteiger partial charge in [-0.2, -0.15) is 5.10 Å². The Morgan fingerprint density at radius 2 is 1.59 bits per heavy atom. The number of aromatic hydroxyl groups is 1. The molecule has 4 aromatic carbocycles. The van der Waals surface area contributed by atoms with Crippen molar-refractivity contribution in [3.63, 3.8) is 0 Å². The number of carbonyl (C=O) groups is 1. The maximum atomic E-state index is 13.9. The van der Waals surface area contributed by atoms with E-state index in [-0.39, 0.29) is 33.4 Å². The van der Waals surface area contributed by atoms with Gasteiger partial charge in [-0.25, -0.2) is 17.1 Å². The zero-order valence-corrected chi connectivity index (χ0v) is 22.6. The summed E-state index contributed by atoms with van der Waals surface area (Å²) in [6.07, 6.45) is 1.26. The van der Waals surface area contributed by atoms with Crippen molar-refractivity contribution in [3.8, 4) is 22.9 Å². The van der Waals surface area contributed by atoms with Gasteiger partial charge in [-0.1, -0.05) is 54.1 Å². The number of carbonyl (C=O) groups excluding carboxylic acids is 1. The first-order valence-electron chi connectivity index (χ1n) is 12.6. The van der Waals surface area contributed by atoms with Crippen LogP contribution in [0.2, 0.25) is 0 Å². The minimum Gasteiger partial charge on any atom is -0.506 e. The number of hydrogen-bond acceptors (Lipinski definition) is 7. The molecular formula is C31H24N4O5S. The first-order chi connectivity index (χ1) is 19.7. The SMILES string of the molecule is Cc1ccc(S(=O)(=O)n2c(C(=O)c3cnn(-c4ccc(Oc5ccccc5)cc4O)c3N)cc3ccccc32)cc1. The monoisotopic (exact) mass is 564 g/mol. The number of para-hydroxylation sites is 2. The summed E-state index contributed by atoms with van der Waals surface area (Å²) in [5, 5.41) is 15.5. The number of ketones is 1. The number of benzene rings is 4. The number of aryl methyl sites for hydroxylation is 1. The van der Waals surface area contributed by atoms with Gasteiger partial charge in [0.05, 0.1) is 22.2 Å². The van der Waals surface area contributed by atoms with Crippen molar-refractivity contribution in [1.82, 2.24) is 13.8 Å². The molecule has 6 rings (SSSR count). The molecule has 6 aromatic rings. The normalized spacial score (nSPS) is 11.5. The number of aromatic nitrogens is 3. The van der Waals surface area contributed by atoms with Gasteiger partial charge in [0.25, 0.3) is 10.0 Å². The molecule has 0 fully saturated rings. The second-order valence-electron chi connectivity index (χ2n) is 9.42. The third-order valence-electron chi connectivity index (χ3n) is 6.66. The summed E-state index contributed by atoms with van der Waals surface area (Å²) in [5.74, 6) is 0.117. The van der Waals surface area contributed by atoms with Crippen LogP contribution in [0, 0.1) is 6.92 Å². The van der Waals surface area contributed by atoms with Crippen LogP contribution < -0.4 is 10.5 Å². The zero-order chi connectivity index (χ0) is 28.7. The molecule has 0 aliphatic heterocycles. The highest BCUT2D eigenvalue weighted by molar-refractivity contribution is 7.90. The predicted molar refractivity (Wildman–Crippen MR) is 155 cm³/mol. The molecule has 2 aromatic heterocycles. The van der Waals surface area contributed by atoms with Crippen molar-refractivity contribution in [3.05, 3.63) is 126 Å². The lowest BCUT2D eigenvalue weighted by atomic mass is 10.1. The van der Waals surface area contributed by atoms with Crippen LogP contribution in [0.4, 0.5) is 5.82 Å². The van der Waals surface area contributed by atoms with E-state index in [0.29, 0.717) is 22.4 Å². The zero-order valence-electron chi connectivity index (χ0n) is 21.8. The van der Waals surface area contributed by atoms with E-state index in [1.807, 2.05) is 25.1 Å². The van der Waals surface area contributed by atoms with Crippen LogP contribution in [0.3, 0.4) is 0 Å². The van der Waals surface area contributed by atoms with Crippen molar-refractivity contribution in [2.24, 2.45) is 0 Å². The molecule has 9 nitrogen and oxygen atoms in total. The van der Waals surface area contributed by atoms with Crippen molar-refractivity contribution in [2.45, 2.75) is 11.8 Å². The van der Waals surface area contributed by atoms with E-state index in [1.54, 1.807) is 60.7 Å². The highest BCUT2D eigenvalue weighted by Crippen LogP contribution is 2.33. The number of fused-ring (bicyclic) bond motifs is 1. The molecular weight excluding hydrogens is 540 g/mol. The lowest BCUT2D eigenvalue weighted by molar-refractivity contribution is 0.103. The molecule has 0 amide bonds. The molecule has 41 heavy (non-hydrogen) atoms. The second kappa shape index (κ2) is 10.00. The number of phenolic OH excluding ortho intramolecular Hbond substituents is 1. The Morgan fingerprint density at radius 1 is 0.878 bits per heavy atom. The maximum Gasteiger partial charge on any atom is 0.268 e. The van der Waals surface area contributed by atoms with Gasteiger partial charge in [0.2, 0.25) is 5.78 Å². The fraction of sp³-hybridized carbons (Fsp3) is 0.0323. The Hall–Kier alpha value is -5.35. The highest BCUT2D eigenvalue weighted by atomic mass is 32.2. The average molecular weight is 565 g/mol. The van der Waals surface area contributed by atoms with Gasteiger partial charge >= 0.3 is 0 Å². The van der Waals surface area contributed by atoms with Crippen LogP contribution in [-0.2, 0) is 10.0 Å². The Labute approximate surface area is 235 Å². The summed E-state index contributed by atoms with van der Waals surface area (Å²) in [4.78, 5) is 13.9. The average Bonchev–Trinajstić information content (AvgIpc) is 3.55. The predicted octanol–water partition coefficient (Wildman–Crippen LogP) is 5.68. The molecule has 0 saturated carbocycles. The van der Waals surface area contributed by atoms with Gasteiger partial charge in [-0.05, 0) is 55.5 Å². The summed E-state index contributed by atoms with van der Waals surface area (Å²) in [5.41, 5.74) is 7.73. The van der Waals surface area contributed by atoms with Gasteiger partial charge in [0.15, 0.2) is 0 Å². The van der Waals surface area contributed by atoms with Gasteiger partial charge in [0, 0.05) is 11.5 Å². The molecule has 0 bridgehead atoms. The number of phenols is 1. The first-order valence-corrected chi connectivity index (χ1v) is 14.1. The van der Waals surface area contributed by atoms with Crippen LogP contribution in [0.25, 0.3) is 16.6 Å². The lowest BCUT2D eigenvalue weighted by Gasteiger charge is -2.12. The maximum absolute atomic E-state index is 13.9.